The highest BCUT2D eigenvalue weighted by Gasteiger charge is 2.12. The molecule has 0 aliphatic rings. The molecule has 70 valence electrons. The van der Waals surface area contributed by atoms with Gasteiger partial charge in [0.25, 0.3) is 0 Å². The average Bonchev–Trinajstić information content (AvgIpc) is 2.04. The Bertz CT molecular complexity index is 302. The fourth-order valence-electron chi connectivity index (χ4n) is 1.11. The van der Waals surface area contributed by atoms with Gasteiger partial charge in [-0.25, -0.2) is 0 Å². The summed E-state index contributed by atoms with van der Waals surface area (Å²) < 4.78 is 0. The number of nitrogen functional groups attached to an aromatic ring is 1. The first-order valence-corrected chi connectivity index (χ1v) is 3.95. The predicted octanol–water partition coefficient (Wildman–Crippen LogP) is -0.985. The van der Waals surface area contributed by atoms with Crippen molar-refractivity contribution in [2.75, 3.05) is 24.7 Å². The van der Waals surface area contributed by atoms with E-state index >= 15 is 0 Å². The van der Waals surface area contributed by atoms with E-state index in [1.807, 2.05) is 19.0 Å². The lowest BCUT2D eigenvalue weighted by molar-refractivity contribution is 0.426. The molecule has 0 amide bonds. The van der Waals surface area contributed by atoms with Gasteiger partial charge in [0, 0.05) is 14.1 Å². The highest BCUT2D eigenvalue weighted by molar-refractivity contribution is 6.58. The Kier molecular flexibility index (Phi) is 2.80. The lowest BCUT2D eigenvalue weighted by Gasteiger charge is -2.16. The lowest BCUT2D eigenvalue weighted by Crippen LogP contribution is -2.30. The molecule has 0 aromatic heterocycles. The second-order valence-corrected chi connectivity index (χ2v) is 3.09. The molecule has 0 bridgehead atoms. The van der Waals surface area contributed by atoms with Crippen molar-refractivity contribution < 1.29 is 10.0 Å². The molecular formula is C8H13BN2O2. The van der Waals surface area contributed by atoms with Crippen molar-refractivity contribution in [2.24, 2.45) is 0 Å². The Hall–Kier alpha value is -1.20. The Labute approximate surface area is 77.7 Å². The third kappa shape index (κ3) is 2.14. The molecule has 0 radical (unpaired) electrons. The molecule has 1 aromatic rings. The van der Waals surface area contributed by atoms with Gasteiger partial charge < -0.3 is 20.7 Å². The molecule has 0 spiro atoms. The summed E-state index contributed by atoms with van der Waals surface area (Å²) in [5.41, 5.74) is 7.53. The summed E-state index contributed by atoms with van der Waals surface area (Å²) in [5, 5.41) is 17.8. The number of nitrogens with zero attached hydrogens (tertiary/aromatic N) is 1. The molecular weight excluding hydrogens is 167 g/mol. The van der Waals surface area contributed by atoms with Crippen LogP contribution < -0.4 is 16.1 Å². The van der Waals surface area contributed by atoms with E-state index in [0.717, 1.165) is 5.69 Å². The van der Waals surface area contributed by atoms with Crippen LogP contribution >= 0.6 is 0 Å². The van der Waals surface area contributed by atoms with Crippen molar-refractivity contribution in [1.82, 2.24) is 0 Å². The Balaban J connectivity index is 3.11. The van der Waals surface area contributed by atoms with Gasteiger partial charge in [-0.05, 0) is 17.6 Å². The first-order valence-electron chi connectivity index (χ1n) is 3.95. The van der Waals surface area contributed by atoms with Gasteiger partial charge >= 0.3 is 7.12 Å². The van der Waals surface area contributed by atoms with E-state index in [2.05, 4.69) is 0 Å². The quantitative estimate of drug-likeness (QED) is 0.404. The first kappa shape index (κ1) is 9.89. The van der Waals surface area contributed by atoms with Crippen LogP contribution in [0.2, 0.25) is 0 Å². The summed E-state index contributed by atoms with van der Waals surface area (Å²) >= 11 is 0. The summed E-state index contributed by atoms with van der Waals surface area (Å²) in [7, 11) is 2.25. The van der Waals surface area contributed by atoms with Crippen molar-refractivity contribution in [2.45, 2.75) is 0 Å². The minimum atomic E-state index is -1.45. The highest BCUT2D eigenvalue weighted by atomic mass is 16.4. The largest absolute Gasteiger partial charge is 0.488 e. The molecule has 13 heavy (non-hydrogen) atoms. The second-order valence-electron chi connectivity index (χ2n) is 3.09. The van der Waals surface area contributed by atoms with Crippen LogP contribution in [0.5, 0.6) is 0 Å². The van der Waals surface area contributed by atoms with E-state index in [-0.39, 0.29) is 0 Å². The molecule has 0 saturated heterocycles. The van der Waals surface area contributed by atoms with Gasteiger partial charge in [0.1, 0.15) is 0 Å². The normalized spacial score (nSPS) is 9.85. The zero-order valence-electron chi connectivity index (χ0n) is 7.73. The number of nitrogens with two attached hydrogens (primary N) is 1. The molecule has 0 atom stereocenters. The van der Waals surface area contributed by atoms with Crippen LogP contribution in [-0.4, -0.2) is 31.3 Å². The van der Waals surface area contributed by atoms with Gasteiger partial charge in [-0.2, -0.15) is 0 Å². The number of hydrogen-bond donors (Lipinski definition) is 3. The maximum Gasteiger partial charge on any atom is 0.488 e. The number of hydrogen-bond acceptors (Lipinski definition) is 4. The van der Waals surface area contributed by atoms with Crippen molar-refractivity contribution in [3.63, 3.8) is 0 Å². The van der Waals surface area contributed by atoms with E-state index < -0.39 is 7.12 Å². The number of benzene rings is 1. The van der Waals surface area contributed by atoms with Crippen molar-refractivity contribution in [3.8, 4) is 0 Å². The molecule has 0 saturated carbocycles. The van der Waals surface area contributed by atoms with Crippen LogP contribution in [0, 0.1) is 0 Å². The molecule has 0 heterocycles. The van der Waals surface area contributed by atoms with E-state index in [0.29, 0.717) is 11.2 Å². The van der Waals surface area contributed by atoms with E-state index in [4.69, 9.17) is 15.8 Å². The van der Waals surface area contributed by atoms with Crippen LogP contribution in [0.15, 0.2) is 18.2 Å². The third-order valence-electron chi connectivity index (χ3n) is 1.83. The molecule has 1 rings (SSSR count). The fraction of sp³-hybridized carbons (Fsp3) is 0.250. The number of anilines is 2. The van der Waals surface area contributed by atoms with Gasteiger partial charge in [-0.15, -0.1) is 0 Å². The molecule has 5 heteroatoms. The minimum Gasteiger partial charge on any atom is -0.423 e. The summed E-state index contributed by atoms with van der Waals surface area (Å²) in [4.78, 5) is 1.82. The van der Waals surface area contributed by atoms with Gasteiger partial charge in [-0.1, -0.05) is 6.07 Å². The van der Waals surface area contributed by atoms with Crippen LogP contribution in [0.3, 0.4) is 0 Å². The molecule has 0 aliphatic heterocycles. The average molecular weight is 180 g/mol. The van der Waals surface area contributed by atoms with Crippen LogP contribution in [0.4, 0.5) is 11.4 Å². The van der Waals surface area contributed by atoms with Crippen LogP contribution in [-0.2, 0) is 0 Å². The van der Waals surface area contributed by atoms with E-state index in [1.54, 1.807) is 18.2 Å². The molecule has 4 nitrogen and oxygen atoms in total. The van der Waals surface area contributed by atoms with Crippen LogP contribution in [0.25, 0.3) is 0 Å². The summed E-state index contributed by atoms with van der Waals surface area (Å²) in [5.74, 6) is 0. The second kappa shape index (κ2) is 3.68. The van der Waals surface area contributed by atoms with E-state index in [9.17, 15) is 0 Å². The SMILES string of the molecule is CN(C)c1cc(B(O)O)ccc1N. The van der Waals surface area contributed by atoms with Crippen molar-refractivity contribution in [3.05, 3.63) is 18.2 Å². The van der Waals surface area contributed by atoms with E-state index in [1.165, 1.54) is 0 Å². The highest BCUT2D eigenvalue weighted by Crippen LogP contribution is 2.18. The maximum absolute atomic E-state index is 8.92. The zero-order chi connectivity index (χ0) is 10.0. The molecule has 1 aromatic carbocycles. The molecule has 0 unspecified atom stereocenters. The Morgan fingerprint density at radius 3 is 2.38 bits per heavy atom. The van der Waals surface area contributed by atoms with Crippen molar-refractivity contribution in [1.29, 1.82) is 0 Å². The standard InChI is InChI=1S/C8H13BN2O2/c1-11(2)8-5-6(9(12)13)3-4-7(8)10/h3-5,12-13H,10H2,1-2H3. The number of rotatable bonds is 2. The third-order valence-corrected chi connectivity index (χ3v) is 1.83. The van der Waals surface area contributed by atoms with Gasteiger partial charge in [0.15, 0.2) is 0 Å². The van der Waals surface area contributed by atoms with Crippen LogP contribution in [0.1, 0.15) is 0 Å². The predicted molar refractivity (Wildman–Crippen MR) is 55.0 cm³/mol. The summed E-state index contributed by atoms with van der Waals surface area (Å²) in [6, 6.07) is 4.90. The molecule has 0 aliphatic carbocycles. The fourth-order valence-corrected chi connectivity index (χ4v) is 1.11. The Morgan fingerprint density at radius 2 is 1.92 bits per heavy atom. The lowest BCUT2D eigenvalue weighted by atomic mass is 9.80. The van der Waals surface area contributed by atoms with Crippen molar-refractivity contribution >= 4 is 24.0 Å². The van der Waals surface area contributed by atoms with Gasteiger partial charge in [0.2, 0.25) is 0 Å². The monoisotopic (exact) mass is 180 g/mol. The maximum atomic E-state index is 8.92. The topological polar surface area (TPSA) is 69.7 Å². The smallest absolute Gasteiger partial charge is 0.423 e. The molecule has 4 N–H and O–H groups in total. The van der Waals surface area contributed by atoms with Gasteiger partial charge in [0.05, 0.1) is 11.4 Å². The first-order chi connectivity index (χ1) is 6.02. The summed E-state index contributed by atoms with van der Waals surface area (Å²) in [6.07, 6.45) is 0. The minimum absolute atomic E-state index is 0.443. The summed E-state index contributed by atoms with van der Waals surface area (Å²) in [6.45, 7) is 0. The van der Waals surface area contributed by atoms with Gasteiger partial charge in [-0.3, -0.25) is 0 Å². The Morgan fingerprint density at radius 1 is 1.31 bits per heavy atom. The molecule has 0 fully saturated rings. The zero-order valence-corrected chi connectivity index (χ0v) is 7.73.